The van der Waals surface area contributed by atoms with Gasteiger partial charge in [-0.15, -0.1) is 11.3 Å². The fraction of sp³-hybridized carbons (Fsp3) is 0.750. The molecular formula is C12H22N2O2S. The maximum atomic E-state index is 5.31. The molecule has 2 atom stereocenters. The molecule has 0 aliphatic carbocycles. The van der Waals surface area contributed by atoms with Gasteiger partial charge in [0.15, 0.2) is 0 Å². The Hall–Kier alpha value is -0.490. The lowest BCUT2D eigenvalue weighted by molar-refractivity contribution is 0.0277. The van der Waals surface area contributed by atoms with E-state index in [1.165, 1.54) is 4.88 Å². The minimum absolute atomic E-state index is 0.0942. The number of aromatic nitrogens is 1. The molecule has 0 amide bonds. The van der Waals surface area contributed by atoms with E-state index in [0.717, 1.165) is 17.2 Å². The second-order valence-electron chi connectivity index (χ2n) is 4.13. The van der Waals surface area contributed by atoms with E-state index in [1.54, 1.807) is 25.6 Å². The molecule has 17 heavy (non-hydrogen) atoms. The first-order valence-electron chi connectivity index (χ1n) is 5.77. The Balaban J connectivity index is 2.49. The molecule has 0 spiro atoms. The highest BCUT2D eigenvalue weighted by molar-refractivity contribution is 7.11. The van der Waals surface area contributed by atoms with Crippen molar-refractivity contribution in [3.63, 3.8) is 0 Å². The molecule has 4 nitrogen and oxygen atoms in total. The van der Waals surface area contributed by atoms with Crippen molar-refractivity contribution >= 4 is 11.3 Å². The smallest absolute Gasteiger partial charge is 0.0928 e. The molecular weight excluding hydrogens is 236 g/mol. The molecule has 98 valence electrons. The summed E-state index contributed by atoms with van der Waals surface area (Å²) >= 11 is 1.75. The number of nitrogens with zero attached hydrogens (tertiary/aromatic N) is 1. The molecule has 1 rings (SSSR count). The van der Waals surface area contributed by atoms with Crippen molar-refractivity contribution in [1.82, 2.24) is 10.3 Å². The molecule has 0 aromatic carbocycles. The SMILES string of the molecule is COCC(CNC(C)c1sc(C)nc1C)OC. The first-order chi connectivity index (χ1) is 8.08. The van der Waals surface area contributed by atoms with E-state index < -0.39 is 0 Å². The zero-order chi connectivity index (χ0) is 12.8. The van der Waals surface area contributed by atoms with Crippen molar-refractivity contribution in [2.45, 2.75) is 32.9 Å². The summed E-state index contributed by atoms with van der Waals surface area (Å²) in [6, 6.07) is 0.302. The molecule has 0 saturated carbocycles. The van der Waals surface area contributed by atoms with Crippen LogP contribution in [0.15, 0.2) is 0 Å². The Morgan fingerprint density at radius 2 is 2.06 bits per heavy atom. The molecule has 5 heteroatoms. The lowest BCUT2D eigenvalue weighted by atomic mass is 10.2. The topological polar surface area (TPSA) is 43.4 Å². The van der Waals surface area contributed by atoms with Crippen molar-refractivity contribution in [3.05, 3.63) is 15.6 Å². The summed E-state index contributed by atoms with van der Waals surface area (Å²) in [6.45, 7) is 7.63. The Labute approximate surface area is 107 Å². The molecule has 2 unspecified atom stereocenters. The van der Waals surface area contributed by atoms with Gasteiger partial charge in [0.1, 0.15) is 0 Å². The maximum Gasteiger partial charge on any atom is 0.0928 e. The predicted octanol–water partition coefficient (Wildman–Crippen LogP) is 2.07. The lowest BCUT2D eigenvalue weighted by Crippen LogP contribution is -2.33. The van der Waals surface area contributed by atoms with Crippen LogP contribution in [0.1, 0.15) is 28.5 Å². The minimum atomic E-state index is 0.0942. The molecule has 1 aromatic heterocycles. The van der Waals surface area contributed by atoms with E-state index >= 15 is 0 Å². The number of hydrogen-bond donors (Lipinski definition) is 1. The summed E-state index contributed by atoms with van der Waals surface area (Å²) in [4.78, 5) is 5.74. The van der Waals surface area contributed by atoms with Crippen molar-refractivity contribution in [1.29, 1.82) is 0 Å². The van der Waals surface area contributed by atoms with Crippen LogP contribution in [0.5, 0.6) is 0 Å². The second kappa shape index (κ2) is 7.06. The van der Waals surface area contributed by atoms with Crippen LogP contribution < -0.4 is 5.32 Å². The van der Waals surface area contributed by atoms with Gasteiger partial charge in [-0.25, -0.2) is 4.98 Å². The molecule has 0 bridgehead atoms. The largest absolute Gasteiger partial charge is 0.382 e. The number of rotatable bonds is 7. The monoisotopic (exact) mass is 258 g/mol. The average molecular weight is 258 g/mol. The summed E-state index contributed by atoms with van der Waals surface area (Å²) in [5.74, 6) is 0. The molecule has 0 aliphatic rings. The van der Waals surface area contributed by atoms with Gasteiger partial charge in [-0.3, -0.25) is 0 Å². The van der Waals surface area contributed by atoms with E-state index in [9.17, 15) is 0 Å². The van der Waals surface area contributed by atoms with Crippen molar-refractivity contribution in [2.24, 2.45) is 0 Å². The fourth-order valence-corrected chi connectivity index (χ4v) is 2.70. The fourth-order valence-electron chi connectivity index (χ4n) is 1.75. The minimum Gasteiger partial charge on any atom is -0.382 e. The number of methoxy groups -OCH3 is 2. The van der Waals surface area contributed by atoms with E-state index in [0.29, 0.717) is 12.6 Å². The average Bonchev–Trinajstić information content (AvgIpc) is 2.63. The van der Waals surface area contributed by atoms with Crippen LogP contribution in [0.3, 0.4) is 0 Å². The quantitative estimate of drug-likeness (QED) is 0.813. The van der Waals surface area contributed by atoms with Gasteiger partial charge in [0.05, 0.1) is 23.4 Å². The maximum absolute atomic E-state index is 5.31. The summed E-state index contributed by atoms with van der Waals surface area (Å²) in [5, 5.41) is 4.57. The van der Waals surface area contributed by atoms with Gasteiger partial charge < -0.3 is 14.8 Å². The van der Waals surface area contributed by atoms with E-state index in [1.807, 2.05) is 6.92 Å². The normalized spacial score (nSPS) is 14.9. The Kier molecular flexibility index (Phi) is 6.05. The molecule has 0 saturated heterocycles. The van der Waals surface area contributed by atoms with Crippen molar-refractivity contribution in [2.75, 3.05) is 27.4 Å². The summed E-state index contributed by atoms with van der Waals surface area (Å²) in [7, 11) is 3.39. The van der Waals surface area contributed by atoms with Gasteiger partial charge in [-0.2, -0.15) is 0 Å². The van der Waals surface area contributed by atoms with Crippen LogP contribution in [0.2, 0.25) is 0 Å². The molecule has 0 aliphatic heterocycles. The third kappa shape index (κ3) is 4.35. The van der Waals surface area contributed by atoms with Gasteiger partial charge in [-0.1, -0.05) is 0 Å². The van der Waals surface area contributed by atoms with Crippen LogP contribution in [0.4, 0.5) is 0 Å². The summed E-state index contributed by atoms with van der Waals surface area (Å²) in [6.07, 6.45) is 0.0942. The molecule has 1 aromatic rings. The number of hydrogen-bond acceptors (Lipinski definition) is 5. The predicted molar refractivity (Wildman–Crippen MR) is 70.7 cm³/mol. The number of aryl methyl sites for hydroxylation is 2. The lowest BCUT2D eigenvalue weighted by Gasteiger charge is -2.18. The van der Waals surface area contributed by atoms with Crippen LogP contribution >= 0.6 is 11.3 Å². The summed E-state index contributed by atoms with van der Waals surface area (Å²) < 4.78 is 10.4. The number of nitrogens with one attached hydrogen (secondary N) is 1. The van der Waals surface area contributed by atoms with Gasteiger partial charge in [0.25, 0.3) is 0 Å². The van der Waals surface area contributed by atoms with Crippen LogP contribution in [0.25, 0.3) is 0 Å². The molecule has 1 heterocycles. The molecule has 0 fully saturated rings. The van der Waals surface area contributed by atoms with Gasteiger partial charge in [0.2, 0.25) is 0 Å². The van der Waals surface area contributed by atoms with Crippen LogP contribution in [-0.4, -0.2) is 38.5 Å². The highest BCUT2D eigenvalue weighted by atomic mass is 32.1. The first kappa shape index (κ1) is 14.6. The highest BCUT2D eigenvalue weighted by Crippen LogP contribution is 2.24. The zero-order valence-electron chi connectivity index (χ0n) is 11.2. The Bertz CT molecular complexity index is 341. The molecule has 0 radical (unpaired) electrons. The Morgan fingerprint density at radius 1 is 1.35 bits per heavy atom. The number of ether oxygens (including phenoxy) is 2. The van der Waals surface area contributed by atoms with Crippen LogP contribution in [-0.2, 0) is 9.47 Å². The van der Waals surface area contributed by atoms with Gasteiger partial charge in [0, 0.05) is 31.7 Å². The van der Waals surface area contributed by atoms with Crippen LogP contribution in [0, 0.1) is 13.8 Å². The van der Waals surface area contributed by atoms with E-state index in [2.05, 4.69) is 24.1 Å². The number of thiazole rings is 1. The first-order valence-corrected chi connectivity index (χ1v) is 6.59. The summed E-state index contributed by atoms with van der Waals surface area (Å²) in [5.41, 5.74) is 1.12. The van der Waals surface area contributed by atoms with E-state index in [-0.39, 0.29) is 6.10 Å². The van der Waals surface area contributed by atoms with E-state index in [4.69, 9.17) is 9.47 Å². The van der Waals surface area contributed by atoms with Gasteiger partial charge in [-0.05, 0) is 20.8 Å². The third-order valence-corrected chi connectivity index (χ3v) is 3.93. The highest BCUT2D eigenvalue weighted by Gasteiger charge is 2.14. The Morgan fingerprint density at radius 3 is 2.53 bits per heavy atom. The molecule has 1 N–H and O–H groups in total. The van der Waals surface area contributed by atoms with Gasteiger partial charge >= 0.3 is 0 Å². The zero-order valence-corrected chi connectivity index (χ0v) is 12.1. The van der Waals surface area contributed by atoms with Crippen molar-refractivity contribution in [3.8, 4) is 0 Å². The van der Waals surface area contributed by atoms with Crippen molar-refractivity contribution < 1.29 is 9.47 Å². The standard InChI is InChI=1S/C12H22N2O2S/c1-8(12-9(2)14-10(3)17-12)13-6-11(16-5)7-15-4/h8,11,13H,6-7H2,1-5H3. The third-order valence-electron chi connectivity index (χ3n) is 2.67. The second-order valence-corrected chi connectivity index (χ2v) is 5.36.